The molecule has 1 aromatic heterocycles. The van der Waals surface area contributed by atoms with Crippen LogP contribution in [0.3, 0.4) is 0 Å². The maximum absolute atomic E-state index is 13.6. The van der Waals surface area contributed by atoms with E-state index < -0.39 is 0 Å². The first-order valence-electron chi connectivity index (χ1n) is 7.04. The number of nitriles is 1. The lowest BCUT2D eigenvalue weighted by Crippen LogP contribution is -2.20. The average Bonchev–Trinajstić information content (AvgIpc) is 2.52. The first-order valence-corrected chi connectivity index (χ1v) is 7.04. The van der Waals surface area contributed by atoms with Gasteiger partial charge in [0.05, 0.1) is 5.56 Å². The van der Waals surface area contributed by atoms with Crippen LogP contribution in [-0.4, -0.2) is 11.5 Å². The monoisotopic (exact) mass is 283 g/mol. The normalized spacial score (nSPS) is 11.9. The lowest BCUT2D eigenvalue weighted by Gasteiger charge is -2.18. The molecular formula is C17H18FN3. The Morgan fingerprint density at radius 1 is 1.33 bits per heavy atom. The van der Waals surface area contributed by atoms with Gasteiger partial charge in [0.2, 0.25) is 0 Å². The van der Waals surface area contributed by atoms with E-state index in [9.17, 15) is 4.39 Å². The number of nitrogens with one attached hydrogen (secondary N) is 1. The summed E-state index contributed by atoms with van der Waals surface area (Å²) in [4.78, 5) is 4.06. The summed E-state index contributed by atoms with van der Waals surface area (Å²) < 4.78 is 13.6. The van der Waals surface area contributed by atoms with Crippen molar-refractivity contribution in [1.29, 1.82) is 5.26 Å². The van der Waals surface area contributed by atoms with Crippen molar-refractivity contribution in [2.45, 2.75) is 26.3 Å². The first kappa shape index (κ1) is 15.1. The number of hydrogen-bond acceptors (Lipinski definition) is 3. The third kappa shape index (κ3) is 3.65. The summed E-state index contributed by atoms with van der Waals surface area (Å²) in [6.45, 7) is 5.05. The van der Waals surface area contributed by atoms with Crippen molar-refractivity contribution >= 4 is 0 Å². The largest absolute Gasteiger partial charge is 0.310 e. The SMILES string of the molecule is CCCNC(C)c1ccc(F)cc1-c1cncc(C#N)c1. The van der Waals surface area contributed by atoms with Crippen LogP contribution in [0.4, 0.5) is 4.39 Å². The summed E-state index contributed by atoms with van der Waals surface area (Å²) >= 11 is 0. The molecule has 1 N–H and O–H groups in total. The molecule has 0 aliphatic heterocycles. The Labute approximate surface area is 124 Å². The van der Waals surface area contributed by atoms with Crippen LogP contribution >= 0.6 is 0 Å². The van der Waals surface area contributed by atoms with Gasteiger partial charge < -0.3 is 5.32 Å². The van der Waals surface area contributed by atoms with E-state index in [1.54, 1.807) is 18.3 Å². The van der Waals surface area contributed by atoms with Crippen molar-refractivity contribution in [2.75, 3.05) is 6.54 Å². The summed E-state index contributed by atoms with van der Waals surface area (Å²) in [6, 6.07) is 8.65. The molecule has 1 atom stereocenters. The molecule has 0 bridgehead atoms. The lowest BCUT2D eigenvalue weighted by atomic mass is 9.95. The van der Waals surface area contributed by atoms with Gasteiger partial charge in [-0.25, -0.2) is 4.39 Å². The second kappa shape index (κ2) is 6.96. The summed E-state index contributed by atoms with van der Waals surface area (Å²) in [5, 5.41) is 12.4. The number of nitrogens with zero attached hydrogens (tertiary/aromatic N) is 2. The van der Waals surface area contributed by atoms with Gasteiger partial charge in [0, 0.05) is 24.0 Å². The molecule has 0 amide bonds. The van der Waals surface area contributed by atoms with Gasteiger partial charge in [0.25, 0.3) is 0 Å². The van der Waals surface area contributed by atoms with Crippen LogP contribution in [0.25, 0.3) is 11.1 Å². The Hall–Kier alpha value is -2.25. The minimum Gasteiger partial charge on any atom is -0.310 e. The van der Waals surface area contributed by atoms with Crippen LogP contribution in [0.1, 0.15) is 37.4 Å². The van der Waals surface area contributed by atoms with Crippen LogP contribution in [0.2, 0.25) is 0 Å². The molecule has 0 spiro atoms. The molecule has 108 valence electrons. The zero-order valence-electron chi connectivity index (χ0n) is 12.2. The van der Waals surface area contributed by atoms with Crippen molar-refractivity contribution in [3.05, 3.63) is 53.6 Å². The van der Waals surface area contributed by atoms with E-state index in [1.807, 2.05) is 6.92 Å². The van der Waals surface area contributed by atoms with Crippen molar-refractivity contribution < 1.29 is 4.39 Å². The van der Waals surface area contributed by atoms with E-state index in [1.165, 1.54) is 18.3 Å². The van der Waals surface area contributed by atoms with Gasteiger partial charge in [0.15, 0.2) is 0 Å². The lowest BCUT2D eigenvalue weighted by molar-refractivity contribution is 0.569. The molecule has 1 heterocycles. The van der Waals surface area contributed by atoms with Crippen LogP contribution < -0.4 is 5.32 Å². The highest BCUT2D eigenvalue weighted by molar-refractivity contribution is 5.68. The van der Waals surface area contributed by atoms with Crippen molar-refractivity contribution in [1.82, 2.24) is 10.3 Å². The molecule has 3 nitrogen and oxygen atoms in total. The van der Waals surface area contributed by atoms with Gasteiger partial charge in [-0.2, -0.15) is 5.26 Å². The quantitative estimate of drug-likeness (QED) is 0.907. The molecule has 0 aliphatic carbocycles. The summed E-state index contributed by atoms with van der Waals surface area (Å²) in [7, 11) is 0. The number of rotatable bonds is 5. The molecule has 1 unspecified atom stereocenters. The molecule has 21 heavy (non-hydrogen) atoms. The Balaban J connectivity index is 2.46. The molecule has 2 aromatic rings. The Bertz CT molecular complexity index is 661. The molecule has 4 heteroatoms. The molecule has 0 fully saturated rings. The number of pyridine rings is 1. The average molecular weight is 283 g/mol. The predicted molar refractivity (Wildman–Crippen MR) is 81.1 cm³/mol. The maximum atomic E-state index is 13.6. The van der Waals surface area contributed by atoms with Crippen LogP contribution in [0.15, 0.2) is 36.7 Å². The highest BCUT2D eigenvalue weighted by atomic mass is 19.1. The van der Waals surface area contributed by atoms with Crippen LogP contribution in [0.5, 0.6) is 0 Å². The summed E-state index contributed by atoms with van der Waals surface area (Å²) in [6.07, 6.45) is 4.19. The molecule has 0 radical (unpaired) electrons. The number of hydrogen-bond donors (Lipinski definition) is 1. The van der Waals surface area contributed by atoms with Gasteiger partial charge >= 0.3 is 0 Å². The second-order valence-corrected chi connectivity index (χ2v) is 4.98. The fourth-order valence-electron chi connectivity index (χ4n) is 2.28. The fraction of sp³-hybridized carbons (Fsp3) is 0.294. The zero-order valence-corrected chi connectivity index (χ0v) is 12.2. The Kier molecular flexibility index (Phi) is 5.02. The highest BCUT2D eigenvalue weighted by Gasteiger charge is 2.13. The van der Waals surface area contributed by atoms with Crippen LogP contribution in [-0.2, 0) is 0 Å². The minimum absolute atomic E-state index is 0.103. The molecule has 1 aromatic carbocycles. The standard InChI is InChI=1S/C17H18FN3/c1-3-6-21-12(2)16-5-4-15(18)8-17(16)14-7-13(9-19)10-20-11-14/h4-5,7-8,10-12,21H,3,6H2,1-2H3. The topological polar surface area (TPSA) is 48.7 Å². The minimum atomic E-state index is -0.293. The van der Waals surface area contributed by atoms with Gasteiger partial charge in [-0.05, 0) is 49.2 Å². The highest BCUT2D eigenvalue weighted by Crippen LogP contribution is 2.29. The van der Waals surface area contributed by atoms with E-state index in [-0.39, 0.29) is 11.9 Å². The number of halogens is 1. The zero-order chi connectivity index (χ0) is 15.2. The van der Waals surface area contributed by atoms with Crippen molar-refractivity contribution in [3.63, 3.8) is 0 Å². The Morgan fingerprint density at radius 2 is 2.14 bits per heavy atom. The maximum Gasteiger partial charge on any atom is 0.123 e. The Morgan fingerprint density at radius 3 is 2.86 bits per heavy atom. The van der Waals surface area contributed by atoms with E-state index >= 15 is 0 Å². The van der Waals surface area contributed by atoms with Gasteiger partial charge in [-0.1, -0.05) is 13.0 Å². The van der Waals surface area contributed by atoms with E-state index in [4.69, 9.17) is 5.26 Å². The molecule has 0 aliphatic rings. The molecule has 2 rings (SSSR count). The van der Waals surface area contributed by atoms with Gasteiger partial charge in [-0.15, -0.1) is 0 Å². The third-order valence-corrected chi connectivity index (χ3v) is 3.36. The first-order chi connectivity index (χ1) is 10.2. The van der Waals surface area contributed by atoms with E-state index in [0.29, 0.717) is 5.56 Å². The van der Waals surface area contributed by atoms with E-state index in [2.05, 4.69) is 23.3 Å². The molecular weight excluding hydrogens is 265 g/mol. The molecule has 0 saturated heterocycles. The van der Waals surface area contributed by atoms with Crippen LogP contribution in [0, 0.1) is 17.1 Å². The van der Waals surface area contributed by atoms with E-state index in [0.717, 1.165) is 29.7 Å². The second-order valence-electron chi connectivity index (χ2n) is 4.98. The number of aromatic nitrogens is 1. The summed E-state index contributed by atoms with van der Waals surface area (Å²) in [5.74, 6) is -0.293. The van der Waals surface area contributed by atoms with Gasteiger partial charge in [-0.3, -0.25) is 4.98 Å². The summed E-state index contributed by atoms with van der Waals surface area (Å²) in [5.41, 5.74) is 3.00. The fourth-order valence-corrected chi connectivity index (χ4v) is 2.28. The number of benzene rings is 1. The predicted octanol–water partition coefficient (Wildman–Crippen LogP) is 3.82. The van der Waals surface area contributed by atoms with Gasteiger partial charge in [0.1, 0.15) is 11.9 Å². The smallest absolute Gasteiger partial charge is 0.123 e. The third-order valence-electron chi connectivity index (χ3n) is 3.36. The van der Waals surface area contributed by atoms with Crippen molar-refractivity contribution in [2.24, 2.45) is 0 Å². The van der Waals surface area contributed by atoms with Crippen molar-refractivity contribution in [3.8, 4) is 17.2 Å². The molecule has 0 saturated carbocycles.